The molecular formula is C29H35FN8O2. The van der Waals surface area contributed by atoms with Gasteiger partial charge in [0.2, 0.25) is 5.95 Å². The molecule has 0 atom stereocenters. The molecule has 1 aromatic heterocycles. The lowest BCUT2D eigenvalue weighted by Gasteiger charge is -2.35. The Hall–Kier alpha value is -4.09. The molecule has 0 saturated carbocycles. The van der Waals surface area contributed by atoms with Gasteiger partial charge in [0.25, 0.3) is 5.91 Å². The fourth-order valence-corrected chi connectivity index (χ4v) is 5.09. The number of aromatic nitrogens is 2. The quantitative estimate of drug-likeness (QED) is 0.464. The van der Waals surface area contributed by atoms with Gasteiger partial charge in [-0.25, -0.2) is 14.2 Å². The highest BCUT2D eigenvalue weighted by molar-refractivity contribution is 6.07. The summed E-state index contributed by atoms with van der Waals surface area (Å²) in [4.78, 5) is 42.9. The van der Waals surface area contributed by atoms with Crippen molar-refractivity contribution in [3.8, 4) is 0 Å². The number of nitrogens with one attached hydrogen (secondary N) is 2. The standard InChI is InChI=1S/C29H35FN8O2/c1-19-5-8-24(14-25(19)38-18-23-16-32-28(31-2)34-26(23)36(4)29(38)40)33-27(39)20-6-7-21(22(13-20)15-30)17-37-11-9-35(3)10-12-37/h5-8,13-14,16H,9-12,15,17-18H2,1-4H3,(H,33,39)(H,31,32,34). The first kappa shape index (κ1) is 27.5. The second-order valence-electron chi connectivity index (χ2n) is 10.4. The maximum atomic E-state index is 14.0. The zero-order valence-corrected chi connectivity index (χ0v) is 23.4. The minimum Gasteiger partial charge on any atom is -0.357 e. The lowest BCUT2D eigenvalue weighted by atomic mass is 10.0. The van der Waals surface area contributed by atoms with E-state index in [0.717, 1.165) is 42.9 Å². The first-order valence-electron chi connectivity index (χ1n) is 13.4. The molecule has 2 aromatic carbocycles. The van der Waals surface area contributed by atoms with Crippen LogP contribution >= 0.6 is 0 Å². The molecule has 3 aromatic rings. The number of rotatable bonds is 7. The van der Waals surface area contributed by atoms with E-state index in [4.69, 9.17) is 0 Å². The second kappa shape index (κ2) is 11.6. The highest BCUT2D eigenvalue weighted by atomic mass is 19.1. The van der Waals surface area contributed by atoms with E-state index in [1.165, 1.54) is 4.90 Å². The minimum atomic E-state index is -0.634. The van der Waals surface area contributed by atoms with Crippen LogP contribution in [0.2, 0.25) is 0 Å². The van der Waals surface area contributed by atoms with E-state index in [1.54, 1.807) is 49.5 Å². The van der Waals surface area contributed by atoms with Gasteiger partial charge in [0.05, 0.1) is 12.2 Å². The molecule has 1 fully saturated rings. The van der Waals surface area contributed by atoms with Crippen LogP contribution in [0.3, 0.4) is 0 Å². The fourth-order valence-electron chi connectivity index (χ4n) is 5.09. The van der Waals surface area contributed by atoms with Gasteiger partial charge in [0.15, 0.2) is 0 Å². The molecule has 210 valence electrons. The number of alkyl halides is 1. The summed E-state index contributed by atoms with van der Waals surface area (Å²) in [5.74, 6) is 0.662. The van der Waals surface area contributed by atoms with Gasteiger partial charge in [-0.05, 0) is 54.9 Å². The third-order valence-electron chi connectivity index (χ3n) is 7.59. The molecule has 3 heterocycles. The van der Waals surface area contributed by atoms with Crippen molar-refractivity contribution in [2.24, 2.45) is 0 Å². The van der Waals surface area contributed by atoms with Gasteiger partial charge in [0, 0.05) is 69.8 Å². The third-order valence-corrected chi connectivity index (χ3v) is 7.59. The number of piperazine rings is 1. The maximum absolute atomic E-state index is 14.0. The van der Waals surface area contributed by atoms with Crippen LogP contribution in [0.1, 0.15) is 32.6 Å². The summed E-state index contributed by atoms with van der Waals surface area (Å²) in [6.07, 6.45) is 1.71. The van der Waals surface area contributed by atoms with E-state index in [9.17, 15) is 14.0 Å². The Morgan fingerprint density at radius 3 is 2.55 bits per heavy atom. The molecule has 2 aliphatic heterocycles. The Bertz CT molecular complexity index is 1420. The van der Waals surface area contributed by atoms with Crippen molar-refractivity contribution in [3.05, 3.63) is 70.4 Å². The van der Waals surface area contributed by atoms with Crippen LogP contribution in [-0.4, -0.2) is 79.0 Å². The lowest BCUT2D eigenvalue weighted by molar-refractivity contribution is 0.102. The number of hydrogen-bond acceptors (Lipinski definition) is 7. The van der Waals surface area contributed by atoms with Crippen LogP contribution in [0.4, 0.5) is 32.3 Å². The van der Waals surface area contributed by atoms with E-state index in [0.29, 0.717) is 47.4 Å². The van der Waals surface area contributed by atoms with Gasteiger partial charge in [-0.15, -0.1) is 0 Å². The number of urea groups is 1. The minimum absolute atomic E-state index is 0.233. The van der Waals surface area contributed by atoms with Gasteiger partial charge in [-0.3, -0.25) is 19.5 Å². The smallest absolute Gasteiger partial charge is 0.330 e. The Labute approximate surface area is 233 Å². The van der Waals surface area contributed by atoms with E-state index in [1.807, 2.05) is 19.1 Å². The summed E-state index contributed by atoms with van der Waals surface area (Å²) in [5.41, 5.74) is 4.72. The topological polar surface area (TPSA) is 96.9 Å². The van der Waals surface area contributed by atoms with Crippen LogP contribution in [0.15, 0.2) is 42.6 Å². The number of carbonyl (C=O) groups is 2. The largest absolute Gasteiger partial charge is 0.357 e. The van der Waals surface area contributed by atoms with Crippen molar-refractivity contribution in [1.29, 1.82) is 0 Å². The van der Waals surface area contributed by atoms with E-state index >= 15 is 0 Å². The predicted molar refractivity (Wildman–Crippen MR) is 155 cm³/mol. The number of anilines is 4. The monoisotopic (exact) mass is 546 g/mol. The summed E-state index contributed by atoms with van der Waals surface area (Å²) in [6.45, 7) is 6.09. The first-order chi connectivity index (χ1) is 19.3. The Morgan fingerprint density at radius 2 is 1.82 bits per heavy atom. The van der Waals surface area contributed by atoms with Crippen LogP contribution in [-0.2, 0) is 19.8 Å². The van der Waals surface area contributed by atoms with Crippen molar-refractivity contribution in [2.75, 3.05) is 67.8 Å². The van der Waals surface area contributed by atoms with E-state index in [2.05, 4.69) is 37.4 Å². The van der Waals surface area contributed by atoms with Crippen LogP contribution in [0.25, 0.3) is 0 Å². The lowest BCUT2D eigenvalue weighted by Crippen LogP contribution is -2.46. The first-order valence-corrected chi connectivity index (χ1v) is 13.4. The van der Waals surface area contributed by atoms with Gasteiger partial charge < -0.3 is 15.5 Å². The van der Waals surface area contributed by atoms with Crippen molar-refractivity contribution < 1.29 is 14.0 Å². The molecule has 5 rings (SSSR count). The molecular weight excluding hydrogens is 511 g/mol. The average molecular weight is 547 g/mol. The summed E-state index contributed by atoms with van der Waals surface area (Å²) in [5, 5.41) is 5.82. The molecule has 1 saturated heterocycles. The van der Waals surface area contributed by atoms with Crippen LogP contribution in [0, 0.1) is 6.92 Å². The Balaban J connectivity index is 1.33. The SMILES string of the molecule is CNc1ncc2c(n1)N(C)C(=O)N(c1cc(NC(=O)c3ccc(CN4CCN(C)CC4)c(CF)c3)ccc1C)C2. The maximum Gasteiger partial charge on any atom is 0.330 e. The van der Waals surface area contributed by atoms with E-state index < -0.39 is 6.67 Å². The molecule has 0 unspecified atom stereocenters. The van der Waals surface area contributed by atoms with Crippen LogP contribution < -0.4 is 20.4 Å². The molecule has 3 amide bonds. The van der Waals surface area contributed by atoms with Gasteiger partial charge in [0.1, 0.15) is 12.5 Å². The number of nitrogens with zero attached hydrogens (tertiary/aromatic N) is 6. The summed E-state index contributed by atoms with van der Waals surface area (Å²) < 4.78 is 14.0. The third kappa shape index (κ3) is 5.61. The number of halogens is 1. The van der Waals surface area contributed by atoms with Gasteiger partial charge >= 0.3 is 6.03 Å². The fraction of sp³-hybridized carbons (Fsp3) is 0.379. The molecule has 0 spiro atoms. The molecule has 11 heteroatoms. The highest BCUT2D eigenvalue weighted by Crippen LogP contribution is 2.33. The zero-order chi connectivity index (χ0) is 28.4. The Morgan fingerprint density at radius 1 is 1.05 bits per heavy atom. The van der Waals surface area contributed by atoms with Crippen molar-refractivity contribution in [1.82, 2.24) is 19.8 Å². The number of carbonyl (C=O) groups excluding carboxylic acids is 2. The zero-order valence-electron chi connectivity index (χ0n) is 23.4. The van der Waals surface area contributed by atoms with Crippen LogP contribution in [0.5, 0.6) is 0 Å². The highest BCUT2D eigenvalue weighted by Gasteiger charge is 2.31. The number of hydrogen-bond donors (Lipinski definition) is 2. The number of likely N-dealkylation sites (N-methyl/N-ethyl adjacent to an activating group) is 1. The van der Waals surface area contributed by atoms with E-state index in [-0.39, 0.29) is 11.9 Å². The molecule has 0 bridgehead atoms. The number of fused-ring (bicyclic) bond motifs is 1. The predicted octanol–water partition coefficient (Wildman–Crippen LogP) is 3.87. The van der Waals surface area contributed by atoms with Gasteiger partial charge in [-0.2, -0.15) is 4.98 Å². The molecule has 2 aliphatic rings. The molecule has 2 N–H and O–H groups in total. The number of amides is 3. The second-order valence-corrected chi connectivity index (χ2v) is 10.4. The summed E-state index contributed by atoms with van der Waals surface area (Å²) in [7, 11) is 5.50. The molecule has 10 nitrogen and oxygen atoms in total. The van der Waals surface area contributed by atoms with Gasteiger partial charge in [-0.1, -0.05) is 12.1 Å². The molecule has 0 radical (unpaired) electrons. The number of benzene rings is 2. The normalized spacial score (nSPS) is 16.2. The molecule has 0 aliphatic carbocycles. The summed E-state index contributed by atoms with van der Waals surface area (Å²) in [6, 6.07) is 10.4. The van der Waals surface area contributed by atoms with Crippen molar-refractivity contribution in [2.45, 2.75) is 26.7 Å². The van der Waals surface area contributed by atoms with Crippen molar-refractivity contribution >= 4 is 35.1 Å². The average Bonchev–Trinajstić information content (AvgIpc) is 2.97. The summed E-state index contributed by atoms with van der Waals surface area (Å²) >= 11 is 0. The number of aryl methyl sites for hydroxylation is 1. The Kier molecular flexibility index (Phi) is 7.95. The molecule has 40 heavy (non-hydrogen) atoms. The van der Waals surface area contributed by atoms with Crippen molar-refractivity contribution in [3.63, 3.8) is 0 Å².